The van der Waals surface area contributed by atoms with E-state index in [0.717, 1.165) is 5.92 Å². The lowest BCUT2D eigenvalue weighted by Gasteiger charge is -2.09. The van der Waals surface area contributed by atoms with Gasteiger partial charge in [-0.05, 0) is 19.4 Å². The maximum absolute atomic E-state index is 8.31. The molecule has 0 aromatic rings. The van der Waals surface area contributed by atoms with E-state index in [-0.39, 0.29) is 0 Å². The van der Waals surface area contributed by atoms with Gasteiger partial charge >= 0.3 is 0 Å². The van der Waals surface area contributed by atoms with Gasteiger partial charge in [0.1, 0.15) is 0 Å². The minimum absolute atomic E-state index is 0.578. The Kier molecular flexibility index (Phi) is 1.73. The van der Waals surface area contributed by atoms with E-state index in [4.69, 9.17) is 5.26 Å². The lowest BCUT2D eigenvalue weighted by molar-refractivity contribution is 0.349. The van der Waals surface area contributed by atoms with Crippen LogP contribution in [0.25, 0.3) is 0 Å². The van der Waals surface area contributed by atoms with Crippen molar-refractivity contribution in [2.24, 2.45) is 5.92 Å². The first kappa shape index (κ1) is 6.57. The molecule has 1 aliphatic rings. The Hall–Kier alpha value is -0.550. The number of nitriles is 1. The van der Waals surface area contributed by atoms with Crippen LogP contribution < -0.4 is 0 Å². The van der Waals surface area contributed by atoms with Crippen LogP contribution in [0, 0.1) is 17.2 Å². The molecule has 2 nitrogen and oxygen atoms in total. The largest absolute Gasteiger partial charge is 0.290 e. The van der Waals surface area contributed by atoms with E-state index in [0.29, 0.717) is 12.6 Å². The molecule has 1 aliphatic carbocycles. The zero-order chi connectivity index (χ0) is 6.85. The lowest BCUT2D eigenvalue weighted by atomic mass is 10.4. The summed E-state index contributed by atoms with van der Waals surface area (Å²) in [5.74, 6) is 0.823. The Balaban J connectivity index is 2.21. The highest BCUT2D eigenvalue weighted by atomic mass is 15.2. The molecular weight excluding hydrogens is 112 g/mol. The fourth-order valence-electron chi connectivity index (χ4n) is 1.15. The second-order valence-corrected chi connectivity index (χ2v) is 2.85. The van der Waals surface area contributed by atoms with Gasteiger partial charge in [-0.15, -0.1) is 0 Å². The second-order valence-electron chi connectivity index (χ2n) is 2.85. The van der Waals surface area contributed by atoms with Gasteiger partial charge in [-0.2, -0.15) is 5.26 Å². The fourth-order valence-corrected chi connectivity index (χ4v) is 1.15. The molecule has 0 radical (unpaired) electrons. The summed E-state index contributed by atoms with van der Waals surface area (Å²) in [5, 5.41) is 8.31. The van der Waals surface area contributed by atoms with Crippen molar-refractivity contribution < 1.29 is 0 Å². The topological polar surface area (TPSA) is 27.0 Å². The second kappa shape index (κ2) is 2.36. The molecule has 2 heteroatoms. The zero-order valence-electron chi connectivity index (χ0n) is 5.96. The molecule has 0 amide bonds. The van der Waals surface area contributed by atoms with Gasteiger partial charge in [0.2, 0.25) is 0 Å². The fraction of sp³-hybridized carbons (Fsp3) is 0.857. The number of rotatable bonds is 2. The van der Waals surface area contributed by atoms with Crippen molar-refractivity contribution in [1.82, 2.24) is 4.90 Å². The molecule has 50 valence electrons. The summed E-state index contributed by atoms with van der Waals surface area (Å²) < 4.78 is 0. The Morgan fingerprint density at radius 1 is 1.78 bits per heavy atom. The molecule has 1 saturated carbocycles. The first-order valence-corrected chi connectivity index (χ1v) is 3.33. The third-order valence-electron chi connectivity index (χ3n) is 1.95. The summed E-state index contributed by atoms with van der Waals surface area (Å²) in [6.07, 6.45) is 1.28. The van der Waals surface area contributed by atoms with Crippen LogP contribution in [0.1, 0.15) is 13.3 Å². The van der Waals surface area contributed by atoms with Crippen LogP contribution in [0.5, 0.6) is 0 Å². The van der Waals surface area contributed by atoms with E-state index >= 15 is 0 Å². The smallest absolute Gasteiger partial charge is 0.0865 e. The summed E-state index contributed by atoms with van der Waals surface area (Å²) in [6, 6.07) is 2.83. The van der Waals surface area contributed by atoms with Crippen LogP contribution >= 0.6 is 0 Å². The Morgan fingerprint density at radius 2 is 2.33 bits per heavy atom. The third kappa shape index (κ3) is 1.43. The minimum Gasteiger partial charge on any atom is -0.290 e. The Labute approximate surface area is 56.1 Å². The first-order chi connectivity index (χ1) is 4.25. The molecule has 2 unspecified atom stereocenters. The monoisotopic (exact) mass is 124 g/mol. The molecule has 0 spiro atoms. The molecule has 1 rings (SSSR count). The molecular formula is C7H12N2. The van der Waals surface area contributed by atoms with Gasteiger partial charge < -0.3 is 0 Å². The number of hydrogen-bond donors (Lipinski definition) is 0. The molecule has 1 fully saturated rings. The van der Waals surface area contributed by atoms with Crippen molar-refractivity contribution >= 4 is 0 Å². The van der Waals surface area contributed by atoms with Gasteiger partial charge in [-0.25, -0.2) is 0 Å². The van der Waals surface area contributed by atoms with E-state index in [9.17, 15) is 0 Å². The summed E-state index contributed by atoms with van der Waals surface area (Å²) in [4.78, 5) is 2.12. The van der Waals surface area contributed by atoms with Gasteiger partial charge in [-0.1, -0.05) is 6.92 Å². The molecule has 9 heavy (non-hydrogen) atoms. The predicted octanol–water partition coefficient (Wildman–Crippen LogP) is 0.850. The number of nitrogens with zero attached hydrogens (tertiary/aromatic N) is 2. The zero-order valence-corrected chi connectivity index (χ0v) is 5.96. The highest BCUT2D eigenvalue weighted by molar-refractivity contribution is 4.93. The summed E-state index contributed by atoms with van der Waals surface area (Å²) in [6.45, 7) is 2.80. The molecule has 0 aromatic heterocycles. The van der Waals surface area contributed by atoms with E-state index in [2.05, 4.69) is 17.9 Å². The minimum atomic E-state index is 0.578. The molecule has 0 aromatic carbocycles. The standard InChI is InChI=1S/C7H12N2/c1-6-5-7(6)9(2)4-3-8/h6-7H,4-5H2,1-2H3. The van der Waals surface area contributed by atoms with Crippen molar-refractivity contribution in [3.8, 4) is 6.07 Å². The van der Waals surface area contributed by atoms with Crippen molar-refractivity contribution in [3.05, 3.63) is 0 Å². The Bertz CT molecular complexity index is 136. The normalized spacial score (nSPS) is 32.2. The highest BCUT2D eigenvalue weighted by Crippen LogP contribution is 2.33. The van der Waals surface area contributed by atoms with Crippen LogP contribution in [-0.4, -0.2) is 24.5 Å². The average molecular weight is 124 g/mol. The van der Waals surface area contributed by atoms with E-state index in [1.807, 2.05) is 7.05 Å². The maximum Gasteiger partial charge on any atom is 0.0865 e. The van der Waals surface area contributed by atoms with Crippen molar-refractivity contribution in [1.29, 1.82) is 5.26 Å². The predicted molar refractivity (Wildman–Crippen MR) is 35.8 cm³/mol. The average Bonchev–Trinajstić information content (AvgIpc) is 2.47. The van der Waals surface area contributed by atoms with E-state index in [1.165, 1.54) is 6.42 Å². The van der Waals surface area contributed by atoms with E-state index < -0.39 is 0 Å². The highest BCUT2D eigenvalue weighted by Gasteiger charge is 2.35. The van der Waals surface area contributed by atoms with Crippen molar-refractivity contribution in [2.75, 3.05) is 13.6 Å². The molecule has 0 saturated heterocycles. The SMILES string of the molecule is CC1CC1N(C)CC#N. The van der Waals surface area contributed by atoms with E-state index in [1.54, 1.807) is 0 Å². The first-order valence-electron chi connectivity index (χ1n) is 3.33. The summed E-state index contributed by atoms with van der Waals surface area (Å²) >= 11 is 0. The number of hydrogen-bond acceptors (Lipinski definition) is 2. The van der Waals surface area contributed by atoms with Crippen molar-refractivity contribution in [3.63, 3.8) is 0 Å². The molecule has 2 atom stereocenters. The van der Waals surface area contributed by atoms with Gasteiger partial charge in [0.25, 0.3) is 0 Å². The maximum atomic E-state index is 8.31. The van der Waals surface area contributed by atoms with Crippen LogP contribution in [0.3, 0.4) is 0 Å². The molecule has 0 N–H and O–H groups in total. The van der Waals surface area contributed by atoms with Gasteiger partial charge in [0.05, 0.1) is 12.6 Å². The summed E-state index contributed by atoms with van der Waals surface area (Å²) in [5.41, 5.74) is 0. The van der Waals surface area contributed by atoms with Crippen molar-refractivity contribution in [2.45, 2.75) is 19.4 Å². The van der Waals surface area contributed by atoms with Crippen LogP contribution in [0.2, 0.25) is 0 Å². The molecule has 0 heterocycles. The Morgan fingerprint density at radius 3 is 2.67 bits per heavy atom. The quantitative estimate of drug-likeness (QED) is 0.510. The van der Waals surface area contributed by atoms with Gasteiger partial charge in [0, 0.05) is 6.04 Å². The summed E-state index contributed by atoms with van der Waals surface area (Å²) in [7, 11) is 2.01. The van der Waals surface area contributed by atoms with Crippen LogP contribution in [0.15, 0.2) is 0 Å². The lowest BCUT2D eigenvalue weighted by Crippen LogP contribution is -2.21. The van der Waals surface area contributed by atoms with Gasteiger partial charge in [0.15, 0.2) is 0 Å². The van der Waals surface area contributed by atoms with Gasteiger partial charge in [-0.3, -0.25) is 4.90 Å². The van der Waals surface area contributed by atoms with Crippen LogP contribution in [-0.2, 0) is 0 Å². The third-order valence-corrected chi connectivity index (χ3v) is 1.95. The molecule has 0 bridgehead atoms. The molecule has 0 aliphatic heterocycles. The van der Waals surface area contributed by atoms with Crippen LogP contribution in [0.4, 0.5) is 0 Å².